The second kappa shape index (κ2) is 8.59. The molecule has 26 heavy (non-hydrogen) atoms. The maximum absolute atomic E-state index is 12.1. The largest absolute Gasteiger partial charge is 0.491 e. The first-order chi connectivity index (χ1) is 12.6. The van der Waals surface area contributed by atoms with Gasteiger partial charge in [-0.2, -0.15) is 0 Å². The van der Waals surface area contributed by atoms with Crippen molar-refractivity contribution in [2.45, 2.75) is 13.0 Å². The van der Waals surface area contributed by atoms with Crippen LogP contribution < -0.4 is 14.8 Å². The van der Waals surface area contributed by atoms with Gasteiger partial charge in [0.05, 0.1) is 11.6 Å². The van der Waals surface area contributed by atoms with Crippen LogP contribution in [0.1, 0.15) is 6.92 Å². The second-order valence-corrected chi connectivity index (χ2v) is 6.21. The SMILES string of the molecule is C[C@H](Oc1ccccc1Cl)C(=O)NCCOc1cccc2ccccc12. The Bertz CT molecular complexity index is 892. The van der Waals surface area contributed by atoms with Crippen LogP contribution in [0.3, 0.4) is 0 Å². The zero-order valence-electron chi connectivity index (χ0n) is 14.4. The van der Waals surface area contributed by atoms with Crippen LogP contribution in [0.2, 0.25) is 5.02 Å². The molecule has 1 atom stereocenters. The van der Waals surface area contributed by atoms with Gasteiger partial charge in [0.15, 0.2) is 6.10 Å². The van der Waals surface area contributed by atoms with Crippen molar-refractivity contribution in [2.75, 3.05) is 13.2 Å². The fourth-order valence-corrected chi connectivity index (χ4v) is 2.77. The maximum Gasteiger partial charge on any atom is 0.260 e. The van der Waals surface area contributed by atoms with Gasteiger partial charge >= 0.3 is 0 Å². The third kappa shape index (κ3) is 4.46. The number of amides is 1. The molecule has 3 aromatic rings. The number of hydrogen-bond acceptors (Lipinski definition) is 3. The molecular weight excluding hydrogens is 350 g/mol. The summed E-state index contributed by atoms with van der Waals surface area (Å²) in [6.07, 6.45) is -0.646. The summed E-state index contributed by atoms with van der Waals surface area (Å²) in [6, 6.07) is 21.0. The van der Waals surface area contributed by atoms with Crippen molar-refractivity contribution >= 4 is 28.3 Å². The number of rotatable bonds is 7. The first-order valence-corrected chi connectivity index (χ1v) is 8.82. The molecule has 0 spiro atoms. The molecule has 0 saturated carbocycles. The van der Waals surface area contributed by atoms with E-state index in [1.165, 1.54) is 0 Å². The molecule has 0 saturated heterocycles. The summed E-state index contributed by atoms with van der Waals surface area (Å²) < 4.78 is 11.4. The topological polar surface area (TPSA) is 47.6 Å². The molecular formula is C21H20ClNO3. The fraction of sp³-hybridized carbons (Fsp3) is 0.190. The molecule has 0 aliphatic carbocycles. The highest BCUT2D eigenvalue weighted by Crippen LogP contribution is 2.25. The van der Waals surface area contributed by atoms with Crippen LogP contribution in [0, 0.1) is 0 Å². The van der Waals surface area contributed by atoms with Gasteiger partial charge in [0, 0.05) is 5.39 Å². The smallest absolute Gasteiger partial charge is 0.260 e. The lowest BCUT2D eigenvalue weighted by atomic mass is 10.1. The minimum absolute atomic E-state index is 0.216. The van der Waals surface area contributed by atoms with E-state index in [1.54, 1.807) is 19.1 Å². The van der Waals surface area contributed by atoms with Crippen molar-refractivity contribution in [3.05, 3.63) is 71.8 Å². The molecule has 4 nitrogen and oxygen atoms in total. The van der Waals surface area contributed by atoms with Crippen molar-refractivity contribution in [3.8, 4) is 11.5 Å². The van der Waals surface area contributed by atoms with E-state index in [1.807, 2.05) is 54.6 Å². The van der Waals surface area contributed by atoms with Crippen molar-refractivity contribution in [3.63, 3.8) is 0 Å². The Morgan fingerprint density at radius 3 is 2.54 bits per heavy atom. The molecule has 0 unspecified atom stereocenters. The number of carbonyl (C=O) groups is 1. The number of hydrogen-bond donors (Lipinski definition) is 1. The number of para-hydroxylation sites is 1. The lowest BCUT2D eigenvalue weighted by Crippen LogP contribution is -2.38. The van der Waals surface area contributed by atoms with Crippen molar-refractivity contribution in [1.29, 1.82) is 0 Å². The number of fused-ring (bicyclic) bond motifs is 1. The number of ether oxygens (including phenoxy) is 2. The molecule has 1 amide bonds. The van der Waals surface area contributed by atoms with Crippen LogP contribution in [0.25, 0.3) is 10.8 Å². The Labute approximate surface area is 157 Å². The van der Waals surface area contributed by atoms with Gasteiger partial charge in [-0.15, -0.1) is 0 Å². The molecule has 0 radical (unpaired) electrons. The second-order valence-electron chi connectivity index (χ2n) is 5.81. The van der Waals surface area contributed by atoms with E-state index in [0.29, 0.717) is 23.9 Å². The Kier molecular flexibility index (Phi) is 5.97. The summed E-state index contributed by atoms with van der Waals surface area (Å²) in [5, 5.41) is 5.46. The minimum Gasteiger partial charge on any atom is -0.491 e. The Morgan fingerprint density at radius 1 is 1.00 bits per heavy atom. The van der Waals surface area contributed by atoms with Crippen molar-refractivity contribution < 1.29 is 14.3 Å². The molecule has 3 aromatic carbocycles. The first-order valence-electron chi connectivity index (χ1n) is 8.44. The molecule has 134 valence electrons. The number of benzene rings is 3. The van der Waals surface area contributed by atoms with Crippen molar-refractivity contribution in [1.82, 2.24) is 5.32 Å². The van der Waals surface area contributed by atoms with Gasteiger partial charge in [-0.3, -0.25) is 4.79 Å². The van der Waals surface area contributed by atoms with Crippen LogP contribution in [-0.2, 0) is 4.79 Å². The van der Waals surface area contributed by atoms with E-state index in [9.17, 15) is 4.79 Å². The number of carbonyl (C=O) groups excluding carboxylic acids is 1. The standard InChI is InChI=1S/C21H20ClNO3/c1-15(26-20-11-5-4-10-18(20)22)21(24)23-13-14-25-19-12-6-8-16-7-2-3-9-17(16)19/h2-12,15H,13-14H2,1H3,(H,23,24)/t15-/m0/s1. The lowest BCUT2D eigenvalue weighted by Gasteiger charge is -2.16. The highest BCUT2D eigenvalue weighted by Gasteiger charge is 2.15. The van der Waals surface area contributed by atoms with E-state index in [-0.39, 0.29) is 5.91 Å². The highest BCUT2D eigenvalue weighted by molar-refractivity contribution is 6.32. The normalized spacial score (nSPS) is 11.8. The van der Waals surface area contributed by atoms with Gasteiger partial charge in [0.25, 0.3) is 5.91 Å². The quantitative estimate of drug-likeness (QED) is 0.626. The van der Waals surface area contributed by atoms with E-state index in [0.717, 1.165) is 16.5 Å². The van der Waals surface area contributed by atoms with E-state index in [2.05, 4.69) is 5.32 Å². The lowest BCUT2D eigenvalue weighted by molar-refractivity contribution is -0.127. The van der Waals surface area contributed by atoms with E-state index in [4.69, 9.17) is 21.1 Å². The molecule has 5 heteroatoms. The summed E-state index contributed by atoms with van der Waals surface area (Å²) in [7, 11) is 0. The van der Waals surface area contributed by atoms with Crippen LogP contribution in [-0.4, -0.2) is 25.2 Å². The average molecular weight is 370 g/mol. The molecule has 0 fully saturated rings. The highest BCUT2D eigenvalue weighted by atomic mass is 35.5. The zero-order valence-corrected chi connectivity index (χ0v) is 15.2. The van der Waals surface area contributed by atoms with Gasteiger partial charge in [-0.1, -0.05) is 60.1 Å². The summed E-state index contributed by atoms with van der Waals surface area (Å²) >= 11 is 6.04. The van der Waals surface area contributed by atoms with Gasteiger partial charge in [-0.25, -0.2) is 0 Å². The third-order valence-electron chi connectivity index (χ3n) is 3.92. The van der Waals surface area contributed by atoms with Gasteiger partial charge in [0.2, 0.25) is 0 Å². The zero-order chi connectivity index (χ0) is 18.4. The molecule has 0 aromatic heterocycles. The van der Waals surface area contributed by atoms with E-state index < -0.39 is 6.10 Å². The van der Waals surface area contributed by atoms with Crippen LogP contribution in [0.5, 0.6) is 11.5 Å². The Morgan fingerprint density at radius 2 is 1.69 bits per heavy atom. The fourth-order valence-electron chi connectivity index (χ4n) is 2.58. The predicted molar refractivity (Wildman–Crippen MR) is 104 cm³/mol. The summed E-state index contributed by atoms with van der Waals surface area (Å²) in [6.45, 7) is 2.45. The van der Waals surface area contributed by atoms with Gasteiger partial charge < -0.3 is 14.8 Å². The first kappa shape index (κ1) is 18.1. The molecule has 3 rings (SSSR count). The minimum atomic E-state index is -0.646. The summed E-state index contributed by atoms with van der Waals surface area (Å²) in [4.78, 5) is 12.1. The van der Waals surface area contributed by atoms with E-state index >= 15 is 0 Å². The number of halogens is 1. The van der Waals surface area contributed by atoms with Gasteiger partial charge in [-0.05, 0) is 30.5 Å². The number of nitrogens with one attached hydrogen (secondary N) is 1. The Balaban J connectivity index is 1.48. The molecule has 0 bridgehead atoms. The van der Waals surface area contributed by atoms with Gasteiger partial charge in [0.1, 0.15) is 18.1 Å². The summed E-state index contributed by atoms with van der Waals surface area (Å²) in [5.74, 6) is 1.08. The Hall–Kier alpha value is -2.72. The van der Waals surface area contributed by atoms with Crippen LogP contribution >= 0.6 is 11.6 Å². The summed E-state index contributed by atoms with van der Waals surface area (Å²) in [5.41, 5.74) is 0. The molecule has 0 aliphatic rings. The maximum atomic E-state index is 12.1. The monoisotopic (exact) mass is 369 g/mol. The van der Waals surface area contributed by atoms with Crippen molar-refractivity contribution in [2.24, 2.45) is 0 Å². The molecule has 0 aliphatic heterocycles. The third-order valence-corrected chi connectivity index (χ3v) is 4.23. The predicted octanol–water partition coefficient (Wildman–Crippen LogP) is 4.46. The molecule has 1 N–H and O–H groups in total. The molecule has 0 heterocycles. The van der Waals surface area contributed by atoms with Crippen LogP contribution in [0.4, 0.5) is 0 Å². The average Bonchev–Trinajstić information content (AvgIpc) is 2.67. The van der Waals surface area contributed by atoms with Crippen LogP contribution in [0.15, 0.2) is 66.7 Å².